The van der Waals surface area contributed by atoms with Gasteiger partial charge in [0.05, 0.1) is 0 Å². The maximum atomic E-state index is 11.7. The number of nitrogens with zero attached hydrogens (tertiary/aromatic N) is 1. The first-order chi connectivity index (χ1) is 7.46. The highest BCUT2D eigenvalue weighted by Crippen LogP contribution is 2.41. The van der Waals surface area contributed by atoms with Crippen LogP contribution in [-0.2, 0) is 15.0 Å². The highest BCUT2D eigenvalue weighted by Gasteiger charge is 2.43. The predicted octanol–water partition coefficient (Wildman–Crippen LogP) is 0.735. The molecule has 0 radical (unpaired) electrons. The summed E-state index contributed by atoms with van der Waals surface area (Å²) >= 11 is 0. The molecule has 0 aromatic heterocycles. The van der Waals surface area contributed by atoms with Crippen molar-refractivity contribution in [2.24, 2.45) is 11.8 Å². The van der Waals surface area contributed by atoms with Gasteiger partial charge in [-0.2, -0.15) is 12.7 Å². The molecule has 2 atom stereocenters. The van der Waals surface area contributed by atoms with Crippen molar-refractivity contribution in [2.45, 2.75) is 33.6 Å². The lowest BCUT2D eigenvalue weighted by Gasteiger charge is -2.18. The second kappa shape index (κ2) is 5.14. The van der Waals surface area contributed by atoms with Crippen molar-refractivity contribution in [1.29, 1.82) is 0 Å². The lowest BCUT2D eigenvalue weighted by atomic mass is 10.2. The number of carbonyl (C=O) groups excluding carboxylic acids is 1. The molecule has 0 heterocycles. The summed E-state index contributed by atoms with van der Waals surface area (Å²) in [5.74, 6) is -0.0824. The molecule has 1 aliphatic carbocycles. The van der Waals surface area contributed by atoms with E-state index in [0.717, 1.165) is 12.8 Å². The molecule has 6 heteroatoms. The minimum absolute atomic E-state index is 0.102. The number of carbonyl (C=O) groups is 1. The summed E-state index contributed by atoms with van der Waals surface area (Å²) in [4.78, 5) is 11.6. The second-order valence-corrected chi connectivity index (χ2v) is 5.74. The van der Waals surface area contributed by atoms with Crippen molar-refractivity contribution in [3.05, 3.63) is 0 Å². The molecule has 0 aliphatic heterocycles. The fourth-order valence-corrected chi connectivity index (χ4v) is 3.07. The Kier molecular flexibility index (Phi) is 4.32. The summed E-state index contributed by atoms with van der Waals surface area (Å²) < 4.78 is 26.8. The molecule has 0 aromatic rings. The first kappa shape index (κ1) is 13.4. The van der Waals surface area contributed by atoms with Crippen molar-refractivity contribution in [3.63, 3.8) is 0 Å². The van der Waals surface area contributed by atoms with Gasteiger partial charge in [-0.1, -0.05) is 27.2 Å². The Hall–Kier alpha value is -0.620. The van der Waals surface area contributed by atoms with E-state index in [1.54, 1.807) is 13.8 Å². The van der Waals surface area contributed by atoms with Crippen LogP contribution in [0.4, 0.5) is 0 Å². The van der Waals surface area contributed by atoms with Gasteiger partial charge in [-0.3, -0.25) is 4.79 Å². The maximum absolute atomic E-state index is 11.7. The van der Waals surface area contributed by atoms with Gasteiger partial charge in [-0.15, -0.1) is 0 Å². The zero-order valence-electron chi connectivity index (χ0n) is 10.1. The zero-order valence-corrected chi connectivity index (χ0v) is 10.9. The van der Waals surface area contributed by atoms with Gasteiger partial charge >= 0.3 is 10.2 Å². The van der Waals surface area contributed by atoms with E-state index in [1.165, 1.54) is 4.31 Å². The molecule has 5 nitrogen and oxygen atoms in total. The number of amides is 1. The molecule has 1 saturated carbocycles. The van der Waals surface area contributed by atoms with E-state index in [-0.39, 0.29) is 11.8 Å². The lowest BCUT2D eigenvalue weighted by molar-refractivity contribution is -0.120. The number of hydrogen-bond acceptors (Lipinski definition) is 3. The smallest absolute Gasteiger partial charge is 0.274 e. The van der Waals surface area contributed by atoms with Crippen LogP contribution in [0.15, 0.2) is 0 Å². The van der Waals surface area contributed by atoms with Crippen LogP contribution >= 0.6 is 0 Å². The largest absolute Gasteiger partial charge is 0.303 e. The van der Waals surface area contributed by atoms with Crippen LogP contribution in [0.1, 0.15) is 33.6 Å². The van der Waals surface area contributed by atoms with Crippen LogP contribution in [0.25, 0.3) is 0 Å². The van der Waals surface area contributed by atoms with Crippen molar-refractivity contribution < 1.29 is 13.2 Å². The van der Waals surface area contributed by atoms with Crippen LogP contribution in [-0.4, -0.2) is 31.7 Å². The standard InChI is InChI=1S/C10H20N2O3S/c1-4-8-7-9(8)10(13)11-16(14,15)12(5-2)6-3/h8-9H,4-7H2,1-3H3,(H,11,13)/t8-,9?/m1/s1. The minimum atomic E-state index is -3.62. The van der Waals surface area contributed by atoms with Crippen molar-refractivity contribution in [1.82, 2.24) is 9.03 Å². The molecule has 1 fully saturated rings. The normalized spacial score (nSPS) is 24.5. The van der Waals surface area contributed by atoms with Gasteiger partial charge in [-0.25, -0.2) is 4.72 Å². The van der Waals surface area contributed by atoms with Crippen LogP contribution in [0.3, 0.4) is 0 Å². The molecule has 0 aromatic carbocycles. The predicted molar refractivity (Wildman–Crippen MR) is 61.9 cm³/mol. The Balaban J connectivity index is 2.56. The van der Waals surface area contributed by atoms with Crippen LogP contribution in [0.2, 0.25) is 0 Å². The quantitative estimate of drug-likeness (QED) is 0.753. The maximum Gasteiger partial charge on any atom is 0.303 e. The fraction of sp³-hybridized carbons (Fsp3) is 0.900. The third-order valence-corrected chi connectivity index (χ3v) is 4.71. The number of rotatable bonds is 6. The van der Waals surface area contributed by atoms with Gasteiger partial charge in [0.1, 0.15) is 0 Å². The SMILES string of the molecule is CC[C@@H]1CC1C(=O)NS(=O)(=O)N(CC)CC. The van der Waals surface area contributed by atoms with Gasteiger partial charge in [0.2, 0.25) is 5.91 Å². The molecular formula is C10H20N2O3S. The van der Waals surface area contributed by atoms with Crippen molar-refractivity contribution in [2.75, 3.05) is 13.1 Å². The van der Waals surface area contributed by atoms with Crippen molar-refractivity contribution >= 4 is 16.1 Å². The van der Waals surface area contributed by atoms with Crippen LogP contribution in [0, 0.1) is 11.8 Å². The molecule has 1 aliphatic rings. The Morgan fingerprint density at radius 1 is 1.31 bits per heavy atom. The second-order valence-electron chi connectivity index (χ2n) is 4.07. The third kappa shape index (κ3) is 2.95. The first-order valence-electron chi connectivity index (χ1n) is 5.77. The summed E-state index contributed by atoms with van der Waals surface area (Å²) in [5.41, 5.74) is 0. The summed E-state index contributed by atoms with van der Waals surface area (Å²) in [6.07, 6.45) is 1.75. The monoisotopic (exact) mass is 248 g/mol. The van der Waals surface area contributed by atoms with E-state index in [4.69, 9.17) is 0 Å². The fourth-order valence-electron chi connectivity index (χ4n) is 1.85. The Morgan fingerprint density at radius 2 is 1.88 bits per heavy atom. The third-order valence-electron chi connectivity index (χ3n) is 3.06. The van der Waals surface area contributed by atoms with Gasteiger partial charge in [0, 0.05) is 19.0 Å². The molecule has 1 N–H and O–H groups in total. The van der Waals surface area contributed by atoms with E-state index in [2.05, 4.69) is 4.72 Å². The molecule has 0 saturated heterocycles. The Bertz CT molecular complexity index is 349. The first-order valence-corrected chi connectivity index (χ1v) is 7.21. The van der Waals surface area contributed by atoms with E-state index in [0.29, 0.717) is 19.0 Å². The molecule has 1 rings (SSSR count). The van der Waals surface area contributed by atoms with E-state index < -0.39 is 10.2 Å². The summed E-state index contributed by atoms with van der Waals surface area (Å²) in [6.45, 7) is 6.26. The molecular weight excluding hydrogens is 228 g/mol. The molecule has 1 amide bonds. The Morgan fingerprint density at radius 3 is 2.25 bits per heavy atom. The minimum Gasteiger partial charge on any atom is -0.274 e. The molecule has 94 valence electrons. The zero-order chi connectivity index (χ0) is 12.3. The molecule has 16 heavy (non-hydrogen) atoms. The topological polar surface area (TPSA) is 66.5 Å². The Labute approximate surface area is 97.4 Å². The summed E-state index contributed by atoms with van der Waals surface area (Å²) in [6, 6.07) is 0. The number of hydrogen-bond donors (Lipinski definition) is 1. The highest BCUT2D eigenvalue weighted by atomic mass is 32.2. The molecule has 0 bridgehead atoms. The lowest BCUT2D eigenvalue weighted by Crippen LogP contribution is -2.44. The van der Waals surface area contributed by atoms with E-state index in [1.807, 2.05) is 6.92 Å². The molecule has 1 unspecified atom stereocenters. The van der Waals surface area contributed by atoms with E-state index in [9.17, 15) is 13.2 Å². The summed E-state index contributed by atoms with van der Waals surface area (Å²) in [5, 5.41) is 0. The highest BCUT2D eigenvalue weighted by molar-refractivity contribution is 7.87. The van der Waals surface area contributed by atoms with Crippen LogP contribution in [0.5, 0.6) is 0 Å². The number of nitrogens with one attached hydrogen (secondary N) is 1. The van der Waals surface area contributed by atoms with Crippen LogP contribution < -0.4 is 4.72 Å². The van der Waals surface area contributed by atoms with Gasteiger partial charge in [-0.05, 0) is 12.3 Å². The van der Waals surface area contributed by atoms with Gasteiger partial charge < -0.3 is 0 Å². The molecule has 0 spiro atoms. The van der Waals surface area contributed by atoms with Gasteiger partial charge in [0.15, 0.2) is 0 Å². The van der Waals surface area contributed by atoms with Crippen molar-refractivity contribution in [3.8, 4) is 0 Å². The summed E-state index contributed by atoms with van der Waals surface area (Å²) in [7, 11) is -3.62. The van der Waals surface area contributed by atoms with Gasteiger partial charge in [0.25, 0.3) is 0 Å². The average Bonchev–Trinajstić information content (AvgIpc) is 2.97. The van der Waals surface area contributed by atoms with E-state index >= 15 is 0 Å². The average molecular weight is 248 g/mol.